The molecule has 1 heterocycles. The molecular weight excluding hydrogens is 162 g/mol. The molecule has 1 aromatic carbocycles. The molecule has 0 unspecified atom stereocenters. The minimum absolute atomic E-state index is 0.00694. The molecule has 0 saturated heterocycles. The van der Waals surface area contributed by atoms with E-state index in [1.54, 1.807) is 13.0 Å². The Kier molecular flexibility index (Phi) is 1.40. The highest BCUT2D eigenvalue weighted by molar-refractivity contribution is 5.78. The van der Waals surface area contributed by atoms with Crippen LogP contribution in [0.1, 0.15) is 5.76 Å². The molecular formula is C9H6F2O. The Bertz CT molecular complexity index is 431. The van der Waals surface area contributed by atoms with Gasteiger partial charge >= 0.3 is 0 Å². The topological polar surface area (TPSA) is 13.1 Å². The highest BCUT2D eigenvalue weighted by Gasteiger charge is 2.10. The molecule has 0 radical (unpaired) electrons. The predicted molar refractivity (Wildman–Crippen MR) is 40.9 cm³/mol. The number of halogens is 2. The van der Waals surface area contributed by atoms with Crippen LogP contribution in [0.3, 0.4) is 0 Å². The van der Waals surface area contributed by atoms with Crippen molar-refractivity contribution < 1.29 is 13.2 Å². The SMILES string of the molecule is Cc1cc2ccc(F)c(F)c2o1. The largest absolute Gasteiger partial charge is 0.458 e. The maximum Gasteiger partial charge on any atom is 0.201 e. The van der Waals surface area contributed by atoms with Crippen LogP contribution in [0.5, 0.6) is 0 Å². The zero-order valence-corrected chi connectivity index (χ0v) is 6.40. The molecule has 1 nitrogen and oxygen atoms in total. The lowest BCUT2D eigenvalue weighted by Gasteiger charge is -1.91. The van der Waals surface area contributed by atoms with Crippen LogP contribution in [0.15, 0.2) is 22.6 Å². The molecule has 1 aromatic heterocycles. The number of rotatable bonds is 0. The molecule has 0 amide bonds. The summed E-state index contributed by atoms with van der Waals surface area (Å²) < 4.78 is 30.5. The van der Waals surface area contributed by atoms with E-state index in [0.717, 1.165) is 6.07 Å². The third-order valence-corrected chi connectivity index (χ3v) is 1.70. The zero-order valence-electron chi connectivity index (χ0n) is 6.40. The molecule has 0 bridgehead atoms. The van der Waals surface area contributed by atoms with E-state index >= 15 is 0 Å². The highest BCUT2D eigenvalue weighted by Crippen LogP contribution is 2.23. The van der Waals surface area contributed by atoms with E-state index in [2.05, 4.69) is 0 Å². The monoisotopic (exact) mass is 168 g/mol. The maximum absolute atomic E-state index is 12.9. The molecule has 0 spiro atoms. The first-order valence-electron chi connectivity index (χ1n) is 3.52. The van der Waals surface area contributed by atoms with Crippen LogP contribution in [0.25, 0.3) is 11.0 Å². The standard InChI is InChI=1S/C9H6F2O/c1-5-4-6-2-3-7(10)8(11)9(6)12-5/h2-4H,1H3. The fourth-order valence-electron chi connectivity index (χ4n) is 1.17. The van der Waals surface area contributed by atoms with E-state index in [-0.39, 0.29) is 5.58 Å². The Morgan fingerprint density at radius 3 is 2.75 bits per heavy atom. The van der Waals surface area contributed by atoms with Crippen molar-refractivity contribution in [3.63, 3.8) is 0 Å². The average Bonchev–Trinajstić information content (AvgIpc) is 2.39. The summed E-state index contributed by atoms with van der Waals surface area (Å²) in [6, 6.07) is 4.24. The van der Waals surface area contributed by atoms with Gasteiger partial charge in [-0.3, -0.25) is 0 Å². The van der Waals surface area contributed by atoms with Crippen molar-refractivity contribution >= 4 is 11.0 Å². The molecule has 0 atom stereocenters. The smallest absolute Gasteiger partial charge is 0.201 e. The molecule has 2 rings (SSSR count). The van der Waals surface area contributed by atoms with Crippen LogP contribution in [0, 0.1) is 18.6 Å². The van der Waals surface area contributed by atoms with Gasteiger partial charge in [0.1, 0.15) is 5.76 Å². The molecule has 0 N–H and O–H groups in total. The molecule has 62 valence electrons. The van der Waals surface area contributed by atoms with Gasteiger partial charge in [-0.25, -0.2) is 4.39 Å². The summed E-state index contributed by atoms with van der Waals surface area (Å²) in [6.07, 6.45) is 0. The second-order valence-corrected chi connectivity index (χ2v) is 2.64. The number of hydrogen-bond acceptors (Lipinski definition) is 1. The Morgan fingerprint density at radius 1 is 1.25 bits per heavy atom. The number of hydrogen-bond donors (Lipinski definition) is 0. The summed E-state index contributed by atoms with van der Waals surface area (Å²) in [5, 5.41) is 0.589. The predicted octanol–water partition coefficient (Wildman–Crippen LogP) is 3.02. The number of benzene rings is 1. The molecule has 0 saturated carbocycles. The second-order valence-electron chi connectivity index (χ2n) is 2.64. The van der Waals surface area contributed by atoms with Gasteiger partial charge in [0.2, 0.25) is 5.82 Å². The van der Waals surface area contributed by atoms with Crippen LogP contribution >= 0.6 is 0 Å². The van der Waals surface area contributed by atoms with E-state index in [4.69, 9.17) is 4.42 Å². The lowest BCUT2D eigenvalue weighted by atomic mass is 10.2. The van der Waals surface area contributed by atoms with E-state index in [0.29, 0.717) is 11.1 Å². The number of furan rings is 1. The van der Waals surface area contributed by atoms with Crippen molar-refractivity contribution in [1.82, 2.24) is 0 Å². The highest BCUT2D eigenvalue weighted by atomic mass is 19.2. The van der Waals surface area contributed by atoms with Gasteiger partial charge in [0.05, 0.1) is 0 Å². The third kappa shape index (κ3) is 0.897. The molecule has 2 aromatic rings. The Balaban J connectivity index is 2.89. The van der Waals surface area contributed by atoms with Crippen molar-refractivity contribution in [2.45, 2.75) is 6.92 Å². The molecule has 3 heteroatoms. The van der Waals surface area contributed by atoms with Gasteiger partial charge in [0, 0.05) is 5.39 Å². The molecule has 0 aliphatic carbocycles. The molecule has 0 aliphatic heterocycles. The summed E-state index contributed by atoms with van der Waals surface area (Å²) in [6.45, 7) is 1.69. The molecule has 12 heavy (non-hydrogen) atoms. The van der Waals surface area contributed by atoms with Crippen molar-refractivity contribution in [3.05, 3.63) is 35.6 Å². The Labute approximate surface area is 67.6 Å². The van der Waals surface area contributed by atoms with E-state index < -0.39 is 11.6 Å². The summed E-state index contributed by atoms with van der Waals surface area (Å²) in [7, 11) is 0. The zero-order chi connectivity index (χ0) is 8.72. The lowest BCUT2D eigenvalue weighted by Crippen LogP contribution is -1.81. The fraction of sp³-hybridized carbons (Fsp3) is 0.111. The minimum atomic E-state index is -0.916. The van der Waals surface area contributed by atoms with Crippen LogP contribution in [0.4, 0.5) is 8.78 Å². The van der Waals surface area contributed by atoms with Gasteiger partial charge in [-0.05, 0) is 25.1 Å². The van der Waals surface area contributed by atoms with Crippen LogP contribution in [-0.2, 0) is 0 Å². The van der Waals surface area contributed by atoms with Crippen molar-refractivity contribution in [2.24, 2.45) is 0 Å². The van der Waals surface area contributed by atoms with Crippen LogP contribution < -0.4 is 0 Å². The summed E-state index contributed by atoms with van der Waals surface area (Å²) >= 11 is 0. The average molecular weight is 168 g/mol. The van der Waals surface area contributed by atoms with Crippen LogP contribution in [-0.4, -0.2) is 0 Å². The van der Waals surface area contributed by atoms with E-state index in [1.165, 1.54) is 6.07 Å². The fourth-order valence-corrected chi connectivity index (χ4v) is 1.17. The Hall–Kier alpha value is -1.38. The molecule has 0 fully saturated rings. The molecule has 0 aliphatic rings. The maximum atomic E-state index is 12.9. The summed E-state index contributed by atoms with van der Waals surface area (Å²) in [4.78, 5) is 0. The first kappa shape index (κ1) is 7.28. The first-order valence-corrected chi connectivity index (χ1v) is 3.52. The van der Waals surface area contributed by atoms with E-state index in [1.807, 2.05) is 0 Å². The quantitative estimate of drug-likeness (QED) is 0.589. The summed E-state index contributed by atoms with van der Waals surface area (Å²) in [5.74, 6) is -1.22. The summed E-state index contributed by atoms with van der Waals surface area (Å²) in [5.41, 5.74) is -0.00694. The van der Waals surface area contributed by atoms with Crippen molar-refractivity contribution in [3.8, 4) is 0 Å². The van der Waals surface area contributed by atoms with Crippen molar-refractivity contribution in [1.29, 1.82) is 0 Å². The van der Waals surface area contributed by atoms with Gasteiger partial charge in [-0.2, -0.15) is 4.39 Å². The first-order chi connectivity index (χ1) is 5.68. The van der Waals surface area contributed by atoms with Gasteiger partial charge in [-0.15, -0.1) is 0 Å². The van der Waals surface area contributed by atoms with Gasteiger partial charge < -0.3 is 4.42 Å². The second kappa shape index (κ2) is 2.30. The Morgan fingerprint density at radius 2 is 2.00 bits per heavy atom. The van der Waals surface area contributed by atoms with Gasteiger partial charge in [0.15, 0.2) is 11.4 Å². The van der Waals surface area contributed by atoms with Gasteiger partial charge in [-0.1, -0.05) is 0 Å². The number of aryl methyl sites for hydroxylation is 1. The third-order valence-electron chi connectivity index (χ3n) is 1.70. The van der Waals surface area contributed by atoms with Crippen molar-refractivity contribution in [2.75, 3.05) is 0 Å². The van der Waals surface area contributed by atoms with Gasteiger partial charge in [0.25, 0.3) is 0 Å². The van der Waals surface area contributed by atoms with Crippen LogP contribution in [0.2, 0.25) is 0 Å². The minimum Gasteiger partial charge on any atom is -0.458 e. The number of fused-ring (bicyclic) bond motifs is 1. The normalized spacial score (nSPS) is 10.9. The van der Waals surface area contributed by atoms with E-state index in [9.17, 15) is 8.78 Å². The lowest BCUT2D eigenvalue weighted by molar-refractivity contribution is 0.485.